The quantitative estimate of drug-likeness (QED) is 0.668. The number of para-hydroxylation sites is 1. The fraction of sp³-hybridized carbons (Fsp3) is 0.111. The Morgan fingerprint density at radius 1 is 1.09 bits per heavy atom. The van der Waals surface area contributed by atoms with E-state index in [1.807, 2.05) is 30.3 Å². The van der Waals surface area contributed by atoms with Gasteiger partial charge in [-0.05, 0) is 30.7 Å². The highest BCUT2D eigenvalue weighted by Gasteiger charge is 2.17. The Bertz CT molecular complexity index is 713. The van der Waals surface area contributed by atoms with Gasteiger partial charge in [-0.15, -0.1) is 0 Å². The van der Waals surface area contributed by atoms with Crippen molar-refractivity contribution < 1.29 is 14.3 Å². The molecule has 4 nitrogen and oxygen atoms in total. The number of nitrogens with one attached hydrogen (secondary N) is 1. The van der Waals surface area contributed by atoms with Crippen molar-refractivity contribution in [3.8, 4) is 0 Å². The minimum atomic E-state index is -0.931. The van der Waals surface area contributed by atoms with E-state index in [2.05, 4.69) is 5.32 Å². The van der Waals surface area contributed by atoms with Gasteiger partial charge < -0.3 is 10.1 Å². The molecule has 1 unspecified atom stereocenters. The van der Waals surface area contributed by atoms with Gasteiger partial charge in [-0.3, -0.25) is 4.79 Å². The van der Waals surface area contributed by atoms with Crippen LogP contribution in [0.25, 0.3) is 6.08 Å². The zero-order valence-corrected chi connectivity index (χ0v) is 13.3. The molecule has 0 aliphatic rings. The standard InChI is InChI=1S/C18H16ClNO3/c1-13(18(22)20-16-10-6-5-9-15(16)19)23-17(21)12-11-14-7-3-2-4-8-14/h2-13H,1H3,(H,20,22). The first-order chi connectivity index (χ1) is 11.1. The zero-order chi connectivity index (χ0) is 16.7. The van der Waals surface area contributed by atoms with E-state index in [1.165, 1.54) is 13.0 Å². The molecule has 0 saturated carbocycles. The summed E-state index contributed by atoms with van der Waals surface area (Å²) in [5.41, 5.74) is 1.35. The Kier molecular flexibility index (Phi) is 5.94. The van der Waals surface area contributed by atoms with Crippen LogP contribution in [0.1, 0.15) is 12.5 Å². The molecule has 0 spiro atoms. The van der Waals surface area contributed by atoms with Gasteiger partial charge >= 0.3 is 5.97 Å². The lowest BCUT2D eigenvalue weighted by Crippen LogP contribution is -2.29. The van der Waals surface area contributed by atoms with Gasteiger partial charge in [0.25, 0.3) is 5.91 Å². The molecular formula is C18H16ClNO3. The summed E-state index contributed by atoms with van der Waals surface area (Å²) in [5, 5.41) is 3.04. The molecule has 1 amide bonds. The first-order valence-corrected chi connectivity index (χ1v) is 7.43. The van der Waals surface area contributed by atoms with Gasteiger partial charge in [0.15, 0.2) is 6.10 Å². The van der Waals surface area contributed by atoms with Crippen LogP contribution in [0.15, 0.2) is 60.7 Å². The molecule has 0 aromatic heterocycles. The normalized spacial score (nSPS) is 11.9. The highest BCUT2D eigenvalue weighted by Crippen LogP contribution is 2.20. The lowest BCUT2D eigenvalue weighted by atomic mass is 10.2. The molecule has 2 aromatic rings. The maximum atomic E-state index is 12.0. The Morgan fingerprint density at radius 2 is 1.74 bits per heavy atom. The SMILES string of the molecule is CC(OC(=O)C=Cc1ccccc1)C(=O)Nc1ccccc1Cl. The van der Waals surface area contributed by atoms with Crippen molar-refractivity contribution in [3.63, 3.8) is 0 Å². The molecule has 1 atom stereocenters. The van der Waals surface area contributed by atoms with E-state index in [0.717, 1.165) is 5.56 Å². The fourth-order valence-corrected chi connectivity index (χ4v) is 1.98. The highest BCUT2D eigenvalue weighted by atomic mass is 35.5. The molecule has 0 saturated heterocycles. The predicted molar refractivity (Wildman–Crippen MR) is 91.1 cm³/mol. The van der Waals surface area contributed by atoms with Crippen LogP contribution in [0, 0.1) is 0 Å². The van der Waals surface area contributed by atoms with E-state index in [-0.39, 0.29) is 0 Å². The van der Waals surface area contributed by atoms with E-state index in [1.54, 1.807) is 30.3 Å². The van der Waals surface area contributed by atoms with Gasteiger partial charge in [-0.2, -0.15) is 0 Å². The monoisotopic (exact) mass is 329 g/mol. The number of carbonyl (C=O) groups excluding carboxylic acids is 2. The van der Waals surface area contributed by atoms with Crippen LogP contribution < -0.4 is 5.32 Å². The van der Waals surface area contributed by atoms with Crippen molar-refractivity contribution in [1.82, 2.24) is 0 Å². The van der Waals surface area contributed by atoms with Crippen molar-refractivity contribution in [2.24, 2.45) is 0 Å². The van der Waals surface area contributed by atoms with Gasteiger partial charge in [0.1, 0.15) is 0 Å². The van der Waals surface area contributed by atoms with Crippen LogP contribution >= 0.6 is 11.6 Å². The van der Waals surface area contributed by atoms with E-state index in [4.69, 9.17) is 16.3 Å². The number of hydrogen-bond donors (Lipinski definition) is 1. The Morgan fingerprint density at radius 3 is 2.43 bits per heavy atom. The van der Waals surface area contributed by atoms with Gasteiger partial charge in [-0.25, -0.2) is 4.79 Å². The number of anilines is 1. The number of ether oxygens (including phenoxy) is 1. The van der Waals surface area contributed by atoms with Gasteiger partial charge in [-0.1, -0.05) is 54.1 Å². The van der Waals surface area contributed by atoms with Crippen LogP contribution in [0.5, 0.6) is 0 Å². The number of esters is 1. The second-order valence-corrected chi connectivity index (χ2v) is 5.20. The molecule has 2 rings (SSSR count). The molecule has 23 heavy (non-hydrogen) atoms. The van der Waals surface area contributed by atoms with Gasteiger partial charge in [0.2, 0.25) is 0 Å². The summed E-state index contributed by atoms with van der Waals surface area (Å²) in [6.07, 6.45) is 1.98. The Balaban J connectivity index is 1.89. The van der Waals surface area contributed by atoms with Gasteiger partial charge in [0.05, 0.1) is 10.7 Å². The lowest BCUT2D eigenvalue weighted by molar-refractivity contribution is -0.148. The third-order valence-corrected chi connectivity index (χ3v) is 3.33. The van der Waals surface area contributed by atoms with Crippen molar-refractivity contribution in [3.05, 3.63) is 71.3 Å². The second kappa shape index (κ2) is 8.15. The molecule has 2 aromatic carbocycles. The number of benzene rings is 2. The average Bonchev–Trinajstić information content (AvgIpc) is 2.56. The number of hydrogen-bond acceptors (Lipinski definition) is 3. The van der Waals surface area contributed by atoms with Crippen LogP contribution in [-0.4, -0.2) is 18.0 Å². The van der Waals surface area contributed by atoms with E-state index >= 15 is 0 Å². The first kappa shape index (κ1) is 16.8. The average molecular weight is 330 g/mol. The predicted octanol–water partition coefficient (Wildman–Crippen LogP) is 3.92. The molecule has 0 heterocycles. The molecule has 1 N–H and O–H groups in total. The Hall–Kier alpha value is -2.59. The number of halogens is 1. The molecular weight excluding hydrogens is 314 g/mol. The summed E-state index contributed by atoms with van der Waals surface area (Å²) < 4.78 is 5.07. The maximum absolute atomic E-state index is 12.0. The van der Waals surface area contributed by atoms with Crippen molar-refractivity contribution in [2.75, 3.05) is 5.32 Å². The third-order valence-electron chi connectivity index (χ3n) is 3.01. The second-order valence-electron chi connectivity index (χ2n) is 4.79. The molecule has 5 heteroatoms. The summed E-state index contributed by atoms with van der Waals surface area (Å²) in [4.78, 5) is 23.7. The van der Waals surface area contributed by atoms with Crippen molar-refractivity contribution in [1.29, 1.82) is 0 Å². The van der Waals surface area contributed by atoms with Crippen molar-refractivity contribution in [2.45, 2.75) is 13.0 Å². The summed E-state index contributed by atoms with van der Waals surface area (Å²) in [5.74, 6) is -1.03. The molecule has 0 radical (unpaired) electrons. The molecule has 0 aliphatic carbocycles. The van der Waals surface area contributed by atoms with Gasteiger partial charge in [0, 0.05) is 6.08 Å². The first-order valence-electron chi connectivity index (χ1n) is 7.05. The summed E-state index contributed by atoms with van der Waals surface area (Å²) in [7, 11) is 0. The molecule has 118 valence electrons. The lowest BCUT2D eigenvalue weighted by Gasteiger charge is -2.13. The van der Waals surface area contributed by atoms with E-state index in [0.29, 0.717) is 10.7 Å². The molecule has 0 bridgehead atoms. The largest absolute Gasteiger partial charge is 0.449 e. The maximum Gasteiger partial charge on any atom is 0.331 e. The van der Waals surface area contributed by atoms with E-state index in [9.17, 15) is 9.59 Å². The minimum absolute atomic E-state index is 0.420. The van der Waals surface area contributed by atoms with Crippen LogP contribution in [0.2, 0.25) is 5.02 Å². The number of amides is 1. The zero-order valence-electron chi connectivity index (χ0n) is 12.5. The third kappa shape index (κ3) is 5.27. The fourth-order valence-electron chi connectivity index (χ4n) is 1.79. The molecule has 0 fully saturated rings. The smallest absolute Gasteiger partial charge is 0.331 e. The summed E-state index contributed by atoms with van der Waals surface area (Å²) in [6.45, 7) is 1.50. The number of rotatable bonds is 5. The minimum Gasteiger partial charge on any atom is -0.449 e. The highest BCUT2D eigenvalue weighted by molar-refractivity contribution is 6.33. The van der Waals surface area contributed by atoms with Crippen LogP contribution in [0.4, 0.5) is 5.69 Å². The topological polar surface area (TPSA) is 55.4 Å². The Labute approximate surface area is 139 Å². The summed E-state index contributed by atoms with van der Waals surface area (Å²) in [6, 6.07) is 16.2. The van der Waals surface area contributed by atoms with Crippen LogP contribution in [-0.2, 0) is 14.3 Å². The number of carbonyl (C=O) groups is 2. The van der Waals surface area contributed by atoms with E-state index < -0.39 is 18.0 Å². The van der Waals surface area contributed by atoms with Crippen LogP contribution in [0.3, 0.4) is 0 Å². The molecule has 0 aliphatic heterocycles. The summed E-state index contributed by atoms with van der Waals surface area (Å²) >= 11 is 5.96. The van der Waals surface area contributed by atoms with Crippen molar-refractivity contribution >= 4 is 35.2 Å².